The number of aryl methyl sites for hydroxylation is 1. The molecule has 2 rings (SSSR count). The van der Waals surface area contributed by atoms with Crippen LogP contribution in [0.25, 0.3) is 0 Å². The van der Waals surface area contributed by atoms with Crippen molar-refractivity contribution in [1.29, 1.82) is 0 Å². The van der Waals surface area contributed by atoms with E-state index < -0.39 is 0 Å². The van der Waals surface area contributed by atoms with Gasteiger partial charge in [0.2, 0.25) is 5.91 Å². The number of rotatable bonds is 9. The SMILES string of the molecule is CCNC(=NCCCN1CCCCCC1=O)NCCCc1ccccc1.I. The normalized spacial score (nSPS) is 15.1. The van der Waals surface area contributed by atoms with Crippen LogP contribution in [0.2, 0.25) is 0 Å². The van der Waals surface area contributed by atoms with Gasteiger partial charge in [-0.1, -0.05) is 36.8 Å². The average molecular weight is 486 g/mol. The topological polar surface area (TPSA) is 56.7 Å². The van der Waals surface area contributed by atoms with E-state index >= 15 is 0 Å². The number of nitrogens with one attached hydrogen (secondary N) is 2. The van der Waals surface area contributed by atoms with Crippen molar-refractivity contribution in [2.75, 3.05) is 32.7 Å². The summed E-state index contributed by atoms with van der Waals surface area (Å²) in [5, 5.41) is 6.70. The first kappa shape index (κ1) is 23.7. The zero-order valence-electron chi connectivity index (χ0n) is 16.6. The number of amides is 1. The molecule has 1 aromatic rings. The monoisotopic (exact) mass is 486 g/mol. The lowest BCUT2D eigenvalue weighted by Gasteiger charge is -2.20. The molecule has 0 spiro atoms. The summed E-state index contributed by atoms with van der Waals surface area (Å²) in [5.41, 5.74) is 1.37. The first-order valence-electron chi connectivity index (χ1n) is 10.1. The van der Waals surface area contributed by atoms with Crippen LogP contribution in [0.15, 0.2) is 35.3 Å². The molecular formula is C21H35IN4O. The van der Waals surface area contributed by atoms with Crippen LogP contribution in [0.1, 0.15) is 51.0 Å². The van der Waals surface area contributed by atoms with E-state index in [1.165, 1.54) is 12.0 Å². The number of aliphatic imine (C=N–C) groups is 1. The van der Waals surface area contributed by atoms with Crippen LogP contribution in [-0.4, -0.2) is 49.5 Å². The number of hydrogen-bond acceptors (Lipinski definition) is 2. The molecule has 1 heterocycles. The van der Waals surface area contributed by atoms with Gasteiger partial charge in [0, 0.05) is 39.1 Å². The van der Waals surface area contributed by atoms with Crippen LogP contribution in [0.3, 0.4) is 0 Å². The van der Waals surface area contributed by atoms with Gasteiger partial charge in [0.15, 0.2) is 5.96 Å². The minimum Gasteiger partial charge on any atom is -0.357 e. The Labute approximate surface area is 181 Å². The standard InChI is InChI=1S/C21H34N4O.HI/c1-2-22-21(23-15-9-13-19-11-5-3-6-12-19)24-16-10-18-25-17-8-4-7-14-20(25)26;/h3,5-6,11-12H,2,4,7-10,13-18H2,1H3,(H2,22,23,24);1H. The van der Waals surface area contributed by atoms with Crippen LogP contribution >= 0.6 is 24.0 Å². The fourth-order valence-corrected chi connectivity index (χ4v) is 3.21. The molecule has 2 N–H and O–H groups in total. The van der Waals surface area contributed by atoms with Gasteiger partial charge in [-0.15, -0.1) is 24.0 Å². The summed E-state index contributed by atoms with van der Waals surface area (Å²) in [6.45, 7) is 6.34. The van der Waals surface area contributed by atoms with Gasteiger partial charge in [0.1, 0.15) is 0 Å². The summed E-state index contributed by atoms with van der Waals surface area (Å²) in [7, 11) is 0. The highest BCUT2D eigenvalue weighted by Crippen LogP contribution is 2.11. The molecule has 0 aliphatic carbocycles. The van der Waals surface area contributed by atoms with E-state index in [0.29, 0.717) is 5.91 Å². The third kappa shape index (κ3) is 9.98. The number of benzene rings is 1. The maximum Gasteiger partial charge on any atom is 0.222 e. The second-order valence-electron chi connectivity index (χ2n) is 6.82. The molecule has 1 amide bonds. The van der Waals surface area contributed by atoms with Gasteiger partial charge in [0.05, 0.1) is 0 Å². The Morgan fingerprint density at radius 1 is 1.11 bits per heavy atom. The Morgan fingerprint density at radius 2 is 1.93 bits per heavy atom. The maximum absolute atomic E-state index is 12.0. The number of halogens is 1. The Kier molecular flexibility index (Phi) is 12.9. The van der Waals surface area contributed by atoms with Gasteiger partial charge in [-0.3, -0.25) is 9.79 Å². The third-order valence-electron chi connectivity index (χ3n) is 4.65. The molecule has 0 aromatic heterocycles. The lowest BCUT2D eigenvalue weighted by Crippen LogP contribution is -2.38. The average Bonchev–Trinajstić information content (AvgIpc) is 2.87. The van der Waals surface area contributed by atoms with Crippen molar-refractivity contribution >= 4 is 35.8 Å². The fourth-order valence-electron chi connectivity index (χ4n) is 3.21. The number of guanidine groups is 1. The van der Waals surface area contributed by atoms with Crippen LogP contribution in [0, 0.1) is 0 Å². The zero-order valence-corrected chi connectivity index (χ0v) is 18.9. The Balaban J connectivity index is 0.00000364. The van der Waals surface area contributed by atoms with Gasteiger partial charge in [-0.25, -0.2) is 0 Å². The van der Waals surface area contributed by atoms with E-state index in [2.05, 4.69) is 52.9 Å². The summed E-state index contributed by atoms with van der Waals surface area (Å²) in [6, 6.07) is 10.6. The molecule has 27 heavy (non-hydrogen) atoms. The quantitative estimate of drug-likeness (QED) is 0.243. The molecule has 6 heteroatoms. The van der Waals surface area contributed by atoms with Gasteiger partial charge in [-0.05, 0) is 44.6 Å². The predicted molar refractivity (Wildman–Crippen MR) is 124 cm³/mol. The first-order chi connectivity index (χ1) is 12.8. The summed E-state index contributed by atoms with van der Waals surface area (Å²) in [4.78, 5) is 18.7. The molecule has 0 unspecified atom stereocenters. The number of carbonyl (C=O) groups excluding carboxylic acids is 1. The Bertz CT molecular complexity index is 550. The Morgan fingerprint density at radius 3 is 2.70 bits per heavy atom. The van der Waals surface area contributed by atoms with Crippen molar-refractivity contribution in [1.82, 2.24) is 15.5 Å². The maximum atomic E-state index is 12.0. The van der Waals surface area contributed by atoms with E-state index in [4.69, 9.17) is 0 Å². The zero-order chi connectivity index (χ0) is 18.5. The van der Waals surface area contributed by atoms with Crippen LogP contribution in [-0.2, 0) is 11.2 Å². The van der Waals surface area contributed by atoms with Gasteiger partial charge < -0.3 is 15.5 Å². The molecule has 1 aliphatic rings. The summed E-state index contributed by atoms with van der Waals surface area (Å²) >= 11 is 0. The van der Waals surface area contributed by atoms with E-state index in [0.717, 1.165) is 77.2 Å². The molecule has 0 radical (unpaired) electrons. The molecule has 0 bridgehead atoms. The number of carbonyl (C=O) groups is 1. The molecule has 152 valence electrons. The molecule has 0 saturated carbocycles. The number of likely N-dealkylation sites (tertiary alicyclic amines) is 1. The van der Waals surface area contributed by atoms with Crippen molar-refractivity contribution in [3.05, 3.63) is 35.9 Å². The molecule has 1 fully saturated rings. The highest BCUT2D eigenvalue weighted by Gasteiger charge is 2.15. The van der Waals surface area contributed by atoms with Crippen molar-refractivity contribution < 1.29 is 4.79 Å². The predicted octanol–water partition coefficient (Wildman–Crippen LogP) is 3.59. The summed E-state index contributed by atoms with van der Waals surface area (Å²) in [6.07, 6.45) is 7.16. The minimum atomic E-state index is 0. The van der Waals surface area contributed by atoms with Crippen molar-refractivity contribution in [2.45, 2.75) is 51.9 Å². The number of nitrogens with zero attached hydrogens (tertiary/aromatic N) is 2. The van der Waals surface area contributed by atoms with Gasteiger partial charge in [-0.2, -0.15) is 0 Å². The van der Waals surface area contributed by atoms with Crippen molar-refractivity contribution in [3.63, 3.8) is 0 Å². The highest BCUT2D eigenvalue weighted by atomic mass is 127. The minimum absolute atomic E-state index is 0. The Hall–Kier alpha value is -1.31. The van der Waals surface area contributed by atoms with E-state index in [9.17, 15) is 4.79 Å². The molecule has 1 saturated heterocycles. The molecular weight excluding hydrogens is 451 g/mol. The smallest absolute Gasteiger partial charge is 0.222 e. The lowest BCUT2D eigenvalue weighted by atomic mass is 10.1. The molecule has 0 atom stereocenters. The second kappa shape index (κ2) is 14.7. The first-order valence-corrected chi connectivity index (χ1v) is 10.1. The fraction of sp³-hybridized carbons (Fsp3) is 0.619. The molecule has 5 nitrogen and oxygen atoms in total. The van der Waals surface area contributed by atoms with Gasteiger partial charge in [0.25, 0.3) is 0 Å². The van der Waals surface area contributed by atoms with E-state index in [1.54, 1.807) is 0 Å². The summed E-state index contributed by atoms with van der Waals surface area (Å²) in [5.74, 6) is 1.19. The molecule has 1 aromatic carbocycles. The van der Waals surface area contributed by atoms with E-state index in [1.807, 2.05) is 4.90 Å². The van der Waals surface area contributed by atoms with Crippen molar-refractivity contribution in [3.8, 4) is 0 Å². The molecule has 1 aliphatic heterocycles. The second-order valence-corrected chi connectivity index (χ2v) is 6.82. The summed E-state index contributed by atoms with van der Waals surface area (Å²) < 4.78 is 0. The van der Waals surface area contributed by atoms with Crippen LogP contribution in [0.5, 0.6) is 0 Å². The highest BCUT2D eigenvalue weighted by molar-refractivity contribution is 14.0. The van der Waals surface area contributed by atoms with Crippen LogP contribution < -0.4 is 10.6 Å². The number of hydrogen-bond donors (Lipinski definition) is 2. The third-order valence-corrected chi connectivity index (χ3v) is 4.65. The van der Waals surface area contributed by atoms with E-state index in [-0.39, 0.29) is 24.0 Å². The van der Waals surface area contributed by atoms with Crippen molar-refractivity contribution in [2.24, 2.45) is 4.99 Å². The van der Waals surface area contributed by atoms with Crippen LogP contribution in [0.4, 0.5) is 0 Å². The van der Waals surface area contributed by atoms with Gasteiger partial charge >= 0.3 is 0 Å². The largest absolute Gasteiger partial charge is 0.357 e. The lowest BCUT2D eigenvalue weighted by molar-refractivity contribution is -0.130.